The third kappa shape index (κ3) is 4.55. The van der Waals surface area contributed by atoms with E-state index in [9.17, 15) is 9.90 Å². The average molecular weight is 399 g/mol. The van der Waals surface area contributed by atoms with Crippen molar-refractivity contribution in [3.05, 3.63) is 28.4 Å². The second kappa shape index (κ2) is 7.63. The van der Waals surface area contributed by atoms with Gasteiger partial charge in [-0.3, -0.25) is 4.90 Å². The third-order valence-corrected chi connectivity index (χ3v) is 3.82. The van der Waals surface area contributed by atoms with Crippen LogP contribution in [0.1, 0.15) is 33.3 Å². The molecule has 6 nitrogen and oxygen atoms in total. The Bertz CT molecular complexity index is 640. The molecule has 1 amide bonds. The predicted octanol–water partition coefficient (Wildman–Crippen LogP) is 3.38. The highest BCUT2D eigenvalue weighted by Crippen LogP contribution is 2.32. The van der Waals surface area contributed by atoms with Gasteiger partial charge in [-0.05, 0) is 55.3 Å². The normalized spacial score (nSPS) is 18.1. The van der Waals surface area contributed by atoms with Gasteiger partial charge >= 0.3 is 6.09 Å². The molecular formula is C17H23BrN2O4. The molecule has 1 aromatic rings. The minimum atomic E-state index is -0.758. The van der Waals surface area contributed by atoms with E-state index in [1.807, 2.05) is 39.8 Å². The number of ether oxygens (including phenoxy) is 2. The number of pyridine rings is 1. The number of carbonyl (C=O) groups is 1. The van der Waals surface area contributed by atoms with Crippen molar-refractivity contribution in [3.8, 4) is 0 Å². The number of rotatable bonds is 3. The molecule has 0 saturated heterocycles. The number of aromatic nitrogens is 1. The summed E-state index contributed by atoms with van der Waals surface area (Å²) in [6, 6.07) is 1.84. The highest BCUT2D eigenvalue weighted by molar-refractivity contribution is 9.10. The van der Waals surface area contributed by atoms with Crippen LogP contribution in [0.2, 0.25) is 0 Å². The Hall–Kier alpha value is -1.44. The lowest BCUT2D eigenvalue weighted by Gasteiger charge is -2.29. The van der Waals surface area contributed by atoms with Gasteiger partial charge in [0.15, 0.2) is 0 Å². The van der Waals surface area contributed by atoms with Gasteiger partial charge in [-0.25, -0.2) is 9.78 Å². The molecule has 132 valence electrons. The van der Waals surface area contributed by atoms with E-state index < -0.39 is 17.8 Å². The maximum Gasteiger partial charge on any atom is 0.416 e. The molecule has 1 aliphatic heterocycles. The summed E-state index contributed by atoms with van der Waals surface area (Å²) in [6.45, 7) is 8.34. The molecule has 1 N–H and O–H groups in total. The van der Waals surface area contributed by atoms with Crippen molar-refractivity contribution in [2.45, 2.75) is 39.4 Å². The highest BCUT2D eigenvalue weighted by atomic mass is 79.9. The molecule has 0 saturated carbocycles. The van der Waals surface area contributed by atoms with Gasteiger partial charge in [0.2, 0.25) is 0 Å². The van der Waals surface area contributed by atoms with E-state index >= 15 is 0 Å². The van der Waals surface area contributed by atoms with Crippen LogP contribution in [0.4, 0.5) is 10.6 Å². The SMILES string of the molecule is CCN(C(=O)OC(C)(C)C)c1ncc(Br)cc1C1=CCOC[C@@H]1O. The number of halogens is 1. The second-order valence-corrected chi connectivity index (χ2v) is 7.38. The summed E-state index contributed by atoms with van der Waals surface area (Å²) in [6.07, 6.45) is 2.21. The van der Waals surface area contributed by atoms with Crippen LogP contribution < -0.4 is 4.90 Å². The minimum Gasteiger partial charge on any atom is -0.443 e. The van der Waals surface area contributed by atoms with E-state index in [-0.39, 0.29) is 6.61 Å². The van der Waals surface area contributed by atoms with E-state index in [2.05, 4.69) is 20.9 Å². The first-order chi connectivity index (χ1) is 11.2. The van der Waals surface area contributed by atoms with E-state index in [0.717, 1.165) is 4.47 Å². The Morgan fingerprint density at radius 3 is 2.83 bits per heavy atom. The molecule has 0 bridgehead atoms. The minimum absolute atomic E-state index is 0.219. The van der Waals surface area contributed by atoms with Crippen molar-refractivity contribution < 1.29 is 19.4 Å². The van der Waals surface area contributed by atoms with Gasteiger partial charge in [0.25, 0.3) is 0 Å². The fraction of sp³-hybridized carbons (Fsp3) is 0.529. The number of carbonyl (C=O) groups excluding carboxylic acids is 1. The van der Waals surface area contributed by atoms with Crippen LogP contribution in [0.15, 0.2) is 22.8 Å². The molecule has 2 heterocycles. The first-order valence-electron chi connectivity index (χ1n) is 7.85. The molecule has 0 spiro atoms. The number of amides is 1. The van der Waals surface area contributed by atoms with Gasteiger partial charge in [0.05, 0.1) is 13.2 Å². The lowest BCUT2D eigenvalue weighted by atomic mass is 9.99. The van der Waals surface area contributed by atoms with Crippen molar-refractivity contribution in [3.63, 3.8) is 0 Å². The lowest BCUT2D eigenvalue weighted by Crippen LogP contribution is -2.38. The van der Waals surface area contributed by atoms with Crippen LogP contribution in [0, 0.1) is 0 Å². The van der Waals surface area contributed by atoms with Gasteiger partial charge in [-0.15, -0.1) is 0 Å². The number of aliphatic hydroxyl groups is 1. The lowest BCUT2D eigenvalue weighted by molar-refractivity contribution is 0.0580. The Labute approximate surface area is 150 Å². The maximum atomic E-state index is 12.5. The van der Waals surface area contributed by atoms with Crippen molar-refractivity contribution in [1.29, 1.82) is 0 Å². The molecule has 7 heteroatoms. The molecule has 1 atom stereocenters. The standard InChI is InChI=1S/C17H23BrN2O4/c1-5-20(16(22)24-17(2,3)4)15-13(8-11(18)9-19-15)12-6-7-23-10-14(12)21/h6,8-9,14,21H,5,7,10H2,1-4H3/t14-/m0/s1. The summed E-state index contributed by atoms with van der Waals surface area (Å²) >= 11 is 3.40. The summed E-state index contributed by atoms with van der Waals surface area (Å²) in [5.41, 5.74) is 0.789. The van der Waals surface area contributed by atoms with E-state index in [4.69, 9.17) is 9.47 Å². The highest BCUT2D eigenvalue weighted by Gasteiger charge is 2.28. The quantitative estimate of drug-likeness (QED) is 0.844. The van der Waals surface area contributed by atoms with Crippen molar-refractivity contribution in [1.82, 2.24) is 4.98 Å². The van der Waals surface area contributed by atoms with Gasteiger partial charge in [-0.1, -0.05) is 6.08 Å². The molecule has 0 aromatic carbocycles. The van der Waals surface area contributed by atoms with Crippen LogP contribution >= 0.6 is 15.9 Å². The molecule has 1 aliphatic rings. The second-order valence-electron chi connectivity index (χ2n) is 6.46. The summed E-state index contributed by atoms with van der Waals surface area (Å²) in [5.74, 6) is 0.460. The maximum absolute atomic E-state index is 12.5. The van der Waals surface area contributed by atoms with Gasteiger partial charge < -0.3 is 14.6 Å². The number of anilines is 1. The Balaban J connectivity index is 2.45. The van der Waals surface area contributed by atoms with Gasteiger partial charge in [0, 0.05) is 22.8 Å². The smallest absolute Gasteiger partial charge is 0.416 e. The molecular weight excluding hydrogens is 376 g/mol. The molecule has 1 aromatic heterocycles. The van der Waals surface area contributed by atoms with Crippen molar-refractivity contribution in [2.75, 3.05) is 24.7 Å². The van der Waals surface area contributed by atoms with Crippen LogP contribution in [0.5, 0.6) is 0 Å². The van der Waals surface area contributed by atoms with Crippen molar-refractivity contribution >= 4 is 33.4 Å². The average Bonchev–Trinajstić information content (AvgIpc) is 2.48. The molecule has 0 radical (unpaired) electrons. The van der Waals surface area contributed by atoms with Crippen LogP contribution in [-0.2, 0) is 9.47 Å². The Kier molecular flexibility index (Phi) is 6.01. The molecule has 0 fully saturated rings. The zero-order chi connectivity index (χ0) is 17.9. The number of aliphatic hydroxyl groups excluding tert-OH is 1. The van der Waals surface area contributed by atoms with Crippen molar-refractivity contribution in [2.24, 2.45) is 0 Å². The summed E-state index contributed by atoms with van der Waals surface area (Å²) in [5, 5.41) is 10.2. The summed E-state index contributed by atoms with van der Waals surface area (Å²) in [4.78, 5) is 18.4. The van der Waals surface area contributed by atoms with E-state index in [0.29, 0.717) is 30.1 Å². The van der Waals surface area contributed by atoms with Crippen LogP contribution in [-0.4, -0.2) is 47.6 Å². The summed E-state index contributed by atoms with van der Waals surface area (Å²) in [7, 11) is 0. The zero-order valence-electron chi connectivity index (χ0n) is 14.4. The Morgan fingerprint density at radius 2 is 2.25 bits per heavy atom. The van der Waals surface area contributed by atoms with E-state index in [1.165, 1.54) is 4.90 Å². The number of hydrogen-bond donors (Lipinski definition) is 1. The molecule has 0 aliphatic carbocycles. The first kappa shape index (κ1) is 18.9. The number of hydrogen-bond acceptors (Lipinski definition) is 5. The van der Waals surface area contributed by atoms with Crippen LogP contribution in [0.25, 0.3) is 5.57 Å². The molecule has 24 heavy (non-hydrogen) atoms. The molecule has 2 rings (SSSR count). The monoisotopic (exact) mass is 398 g/mol. The van der Waals surface area contributed by atoms with E-state index in [1.54, 1.807) is 6.20 Å². The van der Waals surface area contributed by atoms with Gasteiger partial charge in [-0.2, -0.15) is 0 Å². The predicted molar refractivity (Wildman–Crippen MR) is 96.0 cm³/mol. The number of nitrogens with zero attached hydrogens (tertiary/aromatic N) is 2. The molecule has 0 unspecified atom stereocenters. The van der Waals surface area contributed by atoms with Crippen LogP contribution in [0.3, 0.4) is 0 Å². The zero-order valence-corrected chi connectivity index (χ0v) is 16.0. The fourth-order valence-corrected chi connectivity index (χ4v) is 2.72. The third-order valence-electron chi connectivity index (χ3n) is 3.39. The summed E-state index contributed by atoms with van der Waals surface area (Å²) < 4.78 is 11.5. The largest absolute Gasteiger partial charge is 0.443 e. The van der Waals surface area contributed by atoms with Gasteiger partial charge in [0.1, 0.15) is 17.5 Å². The topological polar surface area (TPSA) is 71.9 Å². The fourth-order valence-electron chi connectivity index (χ4n) is 2.39. The first-order valence-corrected chi connectivity index (χ1v) is 8.64. The Morgan fingerprint density at radius 1 is 1.54 bits per heavy atom.